The molecule has 0 bridgehead atoms. The molecular formula is C17H18O4. The van der Waals surface area contributed by atoms with Gasteiger partial charge in [0.15, 0.2) is 17.3 Å². The van der Waals surface area contributed by atoms with Gasteiger partial charge >= 0.3 is 0 Å². The molecule has 0 atom stereocenters. The summed E-state index contributed by atoms with van der Waals surface area (Å²) in [5, 5.41) is 28.5. The molecule has 0 aromatic heterocycles. The minimum atomic E-state index is -0.683. The standard InChI is InChI=1S/C17H18O4/c1-10(2)9-11-3-5-12(6-4-11)15(19)13-7-8-14(18)17(21)16(13)20/h3-8,10,18,20-21H,9H2,1-2H3. The van der Waals surface area contributed by atoms with Gasteiger partial charge in [-0.3, -0.25) is 4.79 Å². The fourth-order valence-electron chi connectivity index (χ4n) is 2.17. The van der Waals surface area contributed by atoms with Crippen LogP contribution in [-0.2, 0) is 6.42 Å². The summed E-state index contributed by atoms with van der Waals surface area (Å²) in [5.74, 6) is -1.62. The Balaban J connectivity index is 2.30. The number of carbonyl (C=O) groups excluding carboxylic acids is 1. The Morgan fingerprint density at radius 2 is 1.57 bits per heavy atom. The van der Waals surface area contributed by atoms with Gasteiger partial charge in [0.1, 0.15) is 0 Å². The quantitative estimate of drug-likeness (QED) is 0.595. The van der Waals surface area contributed by atoms with Crippen molar-refractivity contribution in [2.24, 2.45) is 5.92 Å². The number of phenolic OH excluding ortho intramolecular Hbond substituents is 3. The molecular weight excluding hydrogens is 268 g/mol. The van der Waals surface area contributed by atoms with Crippen LogP contribution in [0.2, 0.25) is 0 Å². The molecule has 0 saturated heterocycles. The lowest BCUT2D eigenvalue weighted by Crippen LogP contribution is -2.02. The highest BCUT2D eigenvalue weighted by Gasteiger charge is 2.18. The highest BCUT2D eigenvalue weighted by molar-refractivity contribution is 6.11. The van der Waals surface area contributed by atoms with Crippen LogP contribution in [-0.4, -0.2) is 21.1 Å². The number of carbonyl (C=O) groups is 1. The summed E-state index contributed by atoms with van der Waals surface area (Å²) >= 11 is 0. The van der Waals surface area contributed by atoms with E-state index in [0.717, 1.165) is 12.0 Å². The number of aromatic hydroxyl groups is 3. The lowest BCUT2D eigenvalue weighted by Gasteiger charge is -2.08. The minimum Gasteiger partial charge on any atom is -0.504 e. The molecule has 0 amide bonds. The van der Waals surface area contributed by atoms with Crippen LogP contribution in [0.5, 0.6) is 17.2 Å². The molecule has 2 aromatic rings. The normalized spacial score (nSPS) is 10.8. The molecule has 3 N–H and O–H groups in total. The lowest BCUT2D eigenvalue weighted by molar-refractivity contribution is 0.103. The first-order chi connectivity index (χ1) is 9.90. The van der Waals surface area contributed by atoms with Crippen molar-refractivity contribution in [2.75, 3.05) is 0 Å². The average Bonchev–Trinajstić information content (AvgIpc) is 2.44. The van der Waals surface area contributed by atoms with E-state index in [-0.39, 0.29) is 5.56 Å². The first-order valence-electron chi connectivity index (χ1n) is 6.77. The Hall–Kier alpha value is -2.49. The predicted molar refractivity (Wildman–Crippen MR) is 79.9 cm³/mol. The van der Waals surface area contributed by atoms with E-state index in [1.165, 1.54) is 12.1 Å². The van der Waals surface area contributed by atoms with Gasteiger partial charge in [0.25, 0.3) is 0 Å². The summed E-state index contributed by atoms with van der Waals surface area (Å²) in [6.07, 6.45) is 0.930. The summed E-state index contributed by atoms with van der Waals surface area (Å²) in [7, 11) is 0. The van der Waals surface area contributed by atoms with E-state index < -0.39 is 23.0 Å². The van der Waals surface area contributed by atoms with Crippen LogP contribution >= 0.6 is 0 Å². The molecule has 21 heavy (non-hydrogen) atoms. The Kier molecular flexibility index (Phi) is 4.17. The maximum atomic E-state index is 12.3. The minimum absolute atomic E-state index is 0.0399. The summed E-state index contributed by atoms with van der Waals surface area (Å²) in [5.41, 5.74) is 1.52. The largest absolute Gasteiger partial charge is 0.504 e. The molecule has 0 saturated carbocycles. The van der Waals surface area contributed by atoms with E-state index in [2.05, 4.69) is 13.8 Å². The highest BCUT2D eigenvalue weighted by atomic mass is 16.3. The Labute approximate surface area is 123 Å². The molecule has 2 rings (SSSR count). The van der Waals surface area contributed by atoms with Crippen LogP contribution in [0.15, 0.2) is 36.4 Å². The average molecular weight is 286 g/mol. The van der Waals surface area contributed by atoms with Crippen LogP contribution in [0.25, 0.3) is 0 Å². The van der Waals surface area contributed by atoms with Gasteiger partial charge in [-0.05, 0) is 30.0 Å². The second kappa shape index (κ2) is 5.87. The van der Waals surface area contributed by atoms with E-state index in [4.69, 9.17) is 0 Å². The molecule has 0 aliphatic heterocycles. The van der Waals surface area contributed by atoms with Gasteiger partial charge in [-0.25, -0.2) is 0 Å². The third-order valence-electron chi connectivity index (χ3n) is 3.23. The Bertz CT molecular complexity index is 657. The van der Waals surface area contributed by atoms with Crippen molar-refractivity contribution in [2.45, 2.75) is 20.3 Å². The fraction of sp³-hybridized carbons (Fsp3) is 0.235. The van der Waals surface area contributed by atoms with Crippen LogP contribution < -0.4 is 0 Å². The molecule has 4 heteroatoms. The van der Waals surface area contributed by atoms with Crippen LogP contribution in [0, 0.1) is 5.92 Å². The molecule has 0 unspecified atom stereocenters. The molecule has 0 heterocycles. The van der Waals surface area contributed by atoms with Crippen molar-refractivity contribution < 1.29 is 20.1 Å². The summed E-state index contributed by atoms with van der Waals surface area (Å²) in [6, 6.07) is 9.62. The lowest BCUT2D eigenvalue weighted by atomic mass is 9.98. The van der Waals surface area contributed by atoms with Crippen molar-refractivity contribution >= 4 is 5.78 Å². The number of hydrogen-bond donors (Lipinski definition) is 3. The molecule has 0 aliphatic carbocycles. The number of rotatable bonds is 4. The van der Waals surface area contributed by atoms with Gasteiger partial charge < -0.3 is 15.3 Å². The maximum Gasteiger partial charge on any atom is 0.201 e. The number of phenols is 3. The van der Waals surface area contributed by atoms with E-state index >= 15 is 0 Å². The molecule has 0 fully saturated rings. The van der Waals surface area contributed by atoms with Crippen molar-refractivity contribution in [3.63, 3.8) is 0 Å². The number of benzene rings is 2. The SMILES string of the molecule is CC(C)Cc1ccc(C(=O)c2ccc(O)c(O)c2O)cc1. The van der Waals surface area contributed by atoms with Gasteiger partial charge in [-0.2, -0.15) is 0 Å². The van der Waals surface area contributed by atoms with Gasteiger partial charge in [0, 0.05) is 5.56 Å². The molecule has 0 spiro atoms. The van der Waals surface area contributed by atoms with Gasteiger partial charge in [-0.15, -0.1) is 0 Å². The topological polar surface area (TPSA) is 77.8 Å². The Morgan fingerprint density at radius 3 is 2.14 bits per heavy atom. The van der Waals surface area contributed by atoms with Crippen molar-refractivity contribution in [1.29, 1.82) is 0 Å². The first-order valence-corrected chi connectivity index (χ1v) is 6.77. The van der Waals surface area contributed by atoms with E-state index in [1.807, 2.05) is 12.1 Å². The van der Waals surface area contributed by atoms with E-state index in [1.54, 1.807) is 12.1 Å². The Morgan fingerprint density at radius 1 is 0.952 bits per heavy atom. The number of ketones is 1. The molecule has 0 aliphatic rings. The third kappa shape index (κ3) is 3.16. The maximum absolute atomic E-state index is 12.3. The zero-order valence-electron chi connectivity index (χ0n) is 12.0. The summed E-state index contributed by atoms with van der Waals surface area (Å²) in [4.78, 5) is 12.3. The first kappa shape index (κ1) is 14.9. The highest BCUT2D eigenvalue weighted by Crippen LogP contribution is 2.37. The zero-order valence-corrected chi connectivity index (χ0v) is 12.0. The van der Waals surface area contributed by atoms with Gasteiger partial charge in [0.05, 0.1) is 5.56 Å². The van der Waals surface area contributed by atoms with E-state index in [0.29, 0.717) is 11.5 Å². The van der Waals surface area contributed by atoms with Gasteiger partial charge in [-0.1, -0.05) is 38.1 Å². The third-order valence-corrected chi connectivity index (χ3v) is 3.23. The monoisotopic (exact) mass is 286 g/mol. The van der Waals surface area contributed by atoms with Gasteiger partial charge in [0.2, 0.25) is 5.75 Å². The predicted octanol–water partition coefficient (Wildman–Crippen LogP) is 3.23. The second-order valence-electron chi connectivity index (χ2n) is 5.45. The number of hydrogen-bond acceptors (Lipinski definition) is 4. The second-order valence-corrected chi connectivity index (χ2v) is 5.45. The van der Waals surface area contributed by atoms with Crippen LogP contribution in [0.3, 0.4) is 0 Å². The summed E-state index contributed by atoms with van der Waals surface area (Å²) < 4.78 is 0. The molecule has 4 nitrogen and oxygen atoms in total. The van der Waals surface area contributed by atoms with E-state index in [9.17, 15) is 20.1 Å². The fourth-order valence-corrected chi connectivity index (χ4v) is 2.17. The van der Waals surface area contributed by atoms with Crippen molar-refractivity contribution in [3.8, 4) is 17.2 Å². The summed E-state index contributed by atoms with van der Waals surface area (Å²) in [6.45, 7) is 4.24. The van der Waals surface area contributed by atoms with Crippen LogP contribution in [0.1, 0.15) is 35.3 Å². The molecule has 0 radical (unpaired) electrons. The van der Waals surface area contributed by atoms with Crippen molar-refractivity contribution in [1.82, 2.24) is 0 Å². The molecule has 2 aromatic carbocycles. The molecule has 110 valence electrons. The van der Waals surface area contributed by atoms with Crippen molar-refractivity contribution in [3.05, 3.63) is 53.1 Å². The smallest absolute Gasteiger partial charge is 0.201 e. The zero-order chi connectivity index (χ0) is 15.6. The van der Waals surface area contributed by atoms with Crippen LogP contribution in [0.4, 0.5) is 0 Å².